The Labute approximate surface area is 323 Å². The van der Waals surface area contributed by atoms with Crippen LogP contribution in [0, 0.1) is 29.4 Å². The van der Waals surface area contributed by atoms with Crippen LogP contribution in [0.15, 0.2) is 42.5 Å². The molecule has 0 saturated heterocycles. The molecular formula is C40H36ClF6N5O3S. The molecule has 5 aromatic rings. The largest absolute Gasteiger partial charge is 0.378 e. The molecule has 0 bridgehead atoms. The van der Waals surface area contributed by atoms with Gasteiger partial charge in [-0.15, -0.1) is 0 Å². The number of hydrogen-bond acceptors (Lipinski definition) is 6. The monoisotopic (exact) mass is 815 g/mol. The van der Waals surface area contributed by atoms with Crippen molar-refractivity contribution in [3.8, 4) is 23.0 Å². The predicted molar refractivity (Wildman–Crippen MR) is 201 cm³/mol. The molecule has 56 heavy (non-hydrogen) atoms. The normalized spacial score (nSPS) is 18.7. The third kappa shape index (κ3) is 7.71. The summed E-state index contributed by atoms with van der Waals surface area (Å²) in [5.74, 6) is 0.463. The molecule has 3 heterocycles. The Kier molecular flexibility index (Phi) is 9.95. The number of hydrogen-bond donors (Lipinski definition) is 1. The van der Waals surface area contributed by atoms with Crippen molar-refractivity contribution in [2.75, 3.05) is 6.26 Å². The number of aryl methyl sites for hydroxylation is 1. The Morgan fingerprint density at radius 1 is 1.11 bits per heavy atom. The SMILES string of the molecule is C=S(C)(=O)Cc1nn(C)c2c(-c3ccc(C#CC(C)(C)O)nc3[C@@H](CC(=O)Cn3nc(C(F)F)c4c3C(F)(F)[C@@H]3C[C@H]43)Cc3cc(F)cc(F)c3)ccc(Cl)c12. The molecule has 294 valence electrons. The third-order valence-electron chi connectivity index (χ3n) is 9.92. The molecule has 2 aliphatic carbocycles. The number of benzene rings is 2. The lowest BCUT2D eigenvalue weighted by atomic mass is 9.86. The highest BCUT2D eigenvalue weighted by atomic mass is 35.5. The summed E-state index contributed by atoms with van der Waals surface area (Å²) >= 11 is 6.70. The van der Waals surface area contributed by atoms with Crippen LogP contribution in [0.5, 0.6) is 0 Å². The number of aliphatic hydroxyl groups is 1. The first-order chi connectivity index (χ1) is 26.1. The Bertz CT molecular complexity index is 2580. The van der Waals surface area contributed by atoms with Crippen LogP contribution in [0.4, 0.5) is 26.3 Å². The zero-order valence-corrected chi connectivity index (χ0v) is 32.2. The van der Waals surface area contributed by atoms with Gasteiger partial charge in [0.25, 0.3) is 12.3 Å². The van der Waals surface area contributed by atoms with E-state index in [1.54, 1.807) is 36.0 Å². The van der Waals surface area contributed by atoms with Gasteiger partial charge in [0.2, 0.25) is 0 Å². The topological polar surface area (TPSA) is 103 Å². The zero-order valence-electron chi connectivity index (χ0n) is 30.6. The second-order valence-electron chi connectivity index (χ2n) is 15.3. The summed E-state index contributed by atoms with van der Waals surface area (Å²) in [5, 5.41) is 19.5. The lowest BCUT2D eigenvalue weighted by Gasteiger charge is -2.22. The van der Waals surface area contributed by atoms with Gasteiger partial charge < -0.3 is 5.11 Å². The number of ketones is 1. The molecule has 1 fully saturated rings. The fraction of sp³-hybridized carbons (Fsp3) is 0.375. The van der Waals surface area contributed by atoms with Crippen molar-refractivity contribution >= 4 is 43.7 Å². The molecule has 0 amide bonds. The van der Waals surface area contributed by atoms with Gasteiger partial charge in [-0.3, -0.25) is 18.4 Å². The molecule has 4 atom stereocenters. The van der Waals surface area contributed by atoms with Crippen molar-refractivity contribution in [1.29, 1.82) is 0 Å². The van der Waals surface area contributed by atoms with Crippen molar-refractivity contribution in [2.45, 2.75) is 75.2 Å². The highest BCUT2D eigenvalue weighted by Gasteiger charge is 2.67. The van der Waals surface area contributed by atoms with Gasteiger partial charge in [0.1, 0.15) is 40.9 Å². The fourth-order valence-electron chi connectivity index (χ4n) is 7.73. The molecule has 1 N–H and O–H groups in total. The number of pyridine rings is 1. The molecule has 2 aliphatic rings. The minimum absolute atomic E-state index is 0.0112. The van der Waals surface area contributed by atoms with Crippen LogP contribution in [0.1, 0.15) is 84.5 Å². The summed E-state index contributed by atoms with van der Waals surface area (Å²) in [5.41, 5.74) is -0.724. The van der Waals surface area contributed by atoms with Gasteiger partial charge in [-0.05, 0) is 89.8 Å². The molecular weight excluding hydrogens is 780 g/mol. The zero-order chi connectivity index (χ0) is 40.6. The standard InChI is InChI=1S/C40H36ClF6N5O3S/c1-39(2,54)11-10-24-6-7-26(27-8-9-30(41)33-31(19-56(4,5)55)49-51(3)36(27)33)34(48-24)21(12-20-13-22(42)16-23(43)14-20)15-25(53)18-52-37-32(35(50-52)38(44)45)28-17-29(28)40(37,46)47/h6-9,13-14,16,21,28-29,38,54H,4,12,15,17-19H2,1-3,5H3/t21-,28+,29-,56?/m1/s1. The number of carbonyl (C=O) groups is 1. The predicted octanol–water partition coefficient (Wildman–Crippen LogP) is 7.86. The molecule has 16 heteroatoms. The first kappa shape index (κ1) is 39.6. The fourth-order valence-corrected chi connectivity index (χ4v) is 8.77. The van der Waals surface area contributed by atoms with Crippen LogP contribution in [0.2, 0.25) is 5.02 Å². The van der Waals surface area contributed by atoms with Crippen LogP contribution in [0.3, 0.4) is 0 Å². The molecule has 2 aromatic carbocycles. The minimum atomic E-state index is -3.46. The number of aromatic nitrogens is 5. The molecule has 0 spiro atoms. The summed E-state index contributed by atoms with van der Waals surface area (Å²) in [4.78, 5) is 18.9. The van der Waals surface area contributed by atoms with E-state index in [4.69, 9.17) is 16.6 Å². The summed E-state index contributed by atoms with van der Waals surface area (Å²) in [6.07, 6.45) is -2.23. The number of alkyl halides is 4. The maximum absolute atomic E-state index is 15.4. The van der Waals surface area contributed by atoms with Gasteiger partial charge in [-0.1, -0.05) is 23.6 Å². The van der Waals surface area contributed by atoms with Gasteiger partial charge in [-0.2, -0.15) is 19.0 Å². The summed E-state index contributed by atoms with van der Waals surface area (Å²) in [7, 11) is -0.907. The first-order valence-electron chi connectivity index (χ1n) is 17.6. The number of fused-ring (bicyclic) bond motifs is 4. The van der Waals surface area contributed by atoms with E-state index < -0.39 is 87.0 Å². The van der Waals surface area contributed by atoms with E-state index in [0.29, 0.717) is 43.5 Å². The van der Waals surface area contributed by atoms with E-state index in [2.05, 4.69) is 27.9 Å². The van der Waals surface area contributed by atoms with Crippen LogP contribution in [-0.4, -0.2) is 57.4 Å². The van der Waals surface area contributed by atoms with E-state index in [0.717, 1.165) is 12.1 Å². The van der Waals surface area contributed by atoms with Gasteiger partial charge in [0.05, 0.1) is 27.7 Å². The second-order valence-corrected chi connectivity index (χ2v) is 18.3. The van der Waals surface area contributed by atoms with Gasteiger partial charge in [0, 0.05) is 59.7 Å². The quantitative estimate of drug-likeness (QED) is 0.0828. The summed E-state index contributed by atoms with van der Waals surface area (Å²) < 4.78 is 103. The van der Waals surface area contributed by atoms with E-state index in [9.17, 15) is 31.7 Å². The molecule has 0 radical (unpaired) electrons. The average molecular weight is 816 g/mol. The van der Waals surface area contributed by atoms with Crippen LogP contribution in [0.25, 0.3) is 22.0 Å². The van der Waals surface area contributed by atoms with Gasteiger partial charge in [0.15, 0.2) is 5.78 Å². The van der Waals surface area contributed by atoms with Crippen molar-refractivity contribution in [2.24, 2.45) is 13.0 Å². The van der Waals surface area contributed by atoms with Crippen molar-refractivity contribution in [3.63, 3.8) is 0 Å². The molecule has 3 aromatic heterocycles. The number of carbonyl (C=O) groups excluding carboxylic acids is 1. The third-order valence-corrected chi connectivity index (χ3v) is 11.1. The first-order valence-corrected chi connectivity index (χ1v) is 20.2. The highest BCUT2D eigenvalue weighted by molar-refractivity contribution is 7.98. The average Bonchev–Trinajstić information content (AvgIpc) is 3.62. The maximum atomic E-state index is 15.4. The van der Waals surface area contributed by atoms with Crippen molar-refractivity contribution in [1.82, 2.24) is 24.5 Å². The molecule has 8 nitrogen and oxygen atoms in total. The minimum Gasteiger partial charge on any atom is -0.378 e. The summed E-state index contributed by atoms with van der Waals surface area (Å²) in [6.45, 7) is 2.17. The second kappa shape index (κ2) is 14.1. The lowest BCUT2D eigenvalue weighted by molar-refractivity contribution is -0.120. The van der Waals surface area contributed by atoms with Crippen molar-refractivity contribution < 1.29 is 40.5 Å². The maximum Gasteiger partial charge on any atom is 0.293 e. The van der Waals surface area contributed by atoms with Crippen LogP contribution in [-0.2, 0) is 46.0 Å². The Balaban J connectivity index is 1.39. The van der Waals surface area contributed by atoms with E-state index in [1.807, 2.05) is 0 Å². The summed E-state index contributed by atoms with van der Waals surface area (Å²) in [6, 6.07) is 9.43. The molecule has 7 rings (SSSR count). The Hall–Kier alpha value is -4.65. The lowest BCUT2D eigenvalue weighted by Crippen LogP contribution is -2.24. The van der Waals surface area contributed by atoms with Crippen molar-refractivity contribution in [3.05, 3.63) is 98.7 Å². The number of rotatable bonds is 11. The highest BCUT2D eigenvalue weighted by Crippen LogP contribution is 2.68. The molecule has 1 unspecified atom stereocenters. The van der Waals surface area contributed by atoms with Gasteiger partial charge >= 0.3 is 0 Å². The Morgan fingerprint density at radius 3 is 2.43 bits per heavy atom. The van der Waals surface area contributed by atoms with Gasteiger partial charge in [-0.25, -0.2) is 22.5 Å². The number of nitrogens with zero attached hydrogens (tertiary/aromatic N) is 5. The Morgan fingerprint density at radius 2 is 1.79 bits per heavy atom. The molecule has 0 aliphatic heterocycles. The number of halogens is 7. The van der Waals surface area contributed by atoms with E-state index in [-0.39, 0.29) is 41.1 Å². The van der Waals surface area contributed by atoms with E-state index in [1.165, 1.54) is 20.1 Å². The molecule has 1 saturated carbocycles. The van der Waals surface area contributed by atoms with Crippen LogP contribution >= 0.6 is 11.6 Å². The van der Waals surface area contributed by atoms with Crippen LogP contribution < -0.4 is 0 Å². The van der Waals surface area contributed by atoms with E-state index >= 15 is 8.78 Å². The smallest absolute Gasteiger partial charge is 0.293 e. The number of Topliss-reactive ketones (excluding diaryl/α,β-unsaturated/α-hetero) is 1.